The van der Waals surface area contributed by atoms with Gasteiger partial charge in [-0.3, -0.25) is 4.79 Å². The molecule has 1 aliphatic rings. The SMILES string of the molecule is CNC1(CC(=O)O)CCCc2ccccc21. The largest absolute Gasteiger partial charge is 0.481 e. The number of aryl methyl sites for hydroxylation is 1. The van der Waals surface area contributed by atoms with E-state index in [1.165, 1.54) is 5.56 Å². The van der Waals surface area contributed by atoms with Crippen LogP contribution in [0.15, 0.2) is 24.3 Å². The fraction of sp³-hybridized carbons (Fsp3) is 0.462. The second-order valence-corrected chi connectivity index (χ2v) is 4.41. The second kappa shape index (κ2) is 4.26. The Balaban J connectivity index is 2.44. The molecule has 0 fully saturated rings. The highest BCUT2D eigenvalue weighted by Crippen LogP contribution is 2.37. The number of hydrogen-bond acceptors (Lipinski definition) is 2. The van der Waals surface area contributed by atoms with Crippen LogP contribution in [0.25, 0.3) is 0 Å². The van der Waals surface area contributed by atoms with Crippen molar-refractivity contribution in [2.24, 2.45) is 0 Å². The molecule has 1 aliphatic carbocycles. The Labute approximate surface area is 95.5 Å². The van der Waals surface area contributed by atoms with E-state index in [0.29, 0.717) is 0 Å². The summed E-state index contributed by atoms with van der Waals surface area (Å²) in [5.41, 5.74) is 2.07. The van der Waals surface area contributed by atoms with Crippen molar-refractivity contribution in [3.63, 3.8) is 0 Å². The third kappa shape index (κ3) is 1.83. The molecule has 3 nitrogen and oxygen atoms in total. The lowest BCUT2D eigenvalue weighted by molar-refractivity contribution is -0.139. The molecule has 2 N–H and O–H groups in total. The molecule has 86 valence electrons. The molecule has 0 saturated heterocycles. The van der Waals surface area contributed by atoms with Crippen LogP contribution in [-0.4, -0.2) is 18.1 Å². The van der Waals surface area contributed by atoms with E-state index in [0.717, 1.165) is 24.8 Å². The number of carboxylic acids is 1. The van der Waals surface area contributed by atoms with Gasteiger partial charge in [-0.15, -0.1) is 0 Å². The van der Waals surface area contributed by atoms with Gasteiger partial charge < -0.3 is 10.4 Å². The fourth-order valence-electron chi connectivity index (χ4n) is 2.71. The third-order valence-corrected chi connectivity index (χ3v) is 3.51. The van der Waals surface area contributed by atoms with Crippen molar-refractivity contribution in [1.82, 2.24) is 5.32 Å². The van der Waals surface area contributed by atoms with E-state index in [1.807, 2.05) is 25.2 Å². The quantitative estimate of drug-likeness (QED) is 0.816. The summed E-state index contributed by atoms with van der Waals surface area (Å²) in [6.07, 6.45) is 3.15. The second-order valence-electron chi connectivity index (χ2n) is 4.41. The predicted molar refractivity (Wildman–Crippen MR) is 62.4 cm³/mol. The summed E-state index contributed by atoms with van der Waals surface area (Å²) in [5.74, 6) is -0.744. The van der Waals surface area contributed by atoms with E-state index in [1.54, 1.807) is 0 Å². The first-order valence-corrected chi connectivity index (χ1v) is 5.67. The normalized spacial score (nSPS) is 23.8. The van der Waals surface area contributed by atoms with Crippen molar-refractivity contribution in [3.05, 3.63) is 35.4 Å². The molecule has 1 aromatic rings. The van der Waals surface area contributed by atoms with Gasteiger partial charge in [0, 0.05) is 0 Å². The minimum absolute atomic E-state index is 0.153. The molecule has 0 bridgehead atoms. The van der Waals surface area contributed by atoms with Gasteiger partial charge >= 0.3 is 5.97 Å². The molecular formula is C13H17NO2. The monoisotopic (exact) mass is 219 g/mol. The number of hydrogen-bond donors (Lipinski definition) is 2. The molecule has 2 rings (SSSR count). The van der Waals surface area contributed by atoms with Crippen LogP contribution >= 0.6 is 0 Å². The number of fused-ring (bicyclic) bond motifs is 1. The van der Waals surface area contributed by atoms with Crippen molar-refractivity contribution in [2.45, 2.75) is 31.2 Å². The Morgan fingerprint density at radius 2 is 2.25 bits per heavy atom. The zero-order chi connectivity index (χ0) is 11.6. The first-order chi connectivity index (χ1) is 7.68. The molecule has 0 amide bonds. The van der Waals surface area contributed by atoms with Gasteiger partial charge in [-0.1, -0.05) is 24.3 Å². The highest BCUT2D eigenvalue weighted by Gasteiger charge is 2.36. The lowest BCUT2D eigenvalue weighted by Gasteiger charge is -2.38. The molecule has 0 heterocycles. The lowest BCUT2D eigenvalue weighted by Crippen LogP contribution is -2.44. The van der Waals surface area contributed by atoms with Crippen LogP contribution in [0.1, 0.15) is 30.4 Å². The summed E-state index contributed by atoms with van der Waals surface area (Å²) in [7, 11) is 1.85. The van der Waals surface area contributed by atoms with Crippen LogP contribution in [0.2, 0.25) is 0 Å². The highest BCUT2D eigenvalue weighted by molar-refractivity contribution is 5.69. The van der Waals surface area contributed by atoms with Crippen LogP contribution in [0, 0.1) is 0 Å². The van der Waals surface area contributed by atoms with Crippen LogP contribution < -0.4 is 5.32 Å². The molecule has 1 unspecified atom stereocenters. The summed E-state index contributed by atoms with van der Waals surface area (Å²) >= 11 is 0. The zero-order valence-electron chi connectivity index (χ0n) is 9.49. The van der Waals surface area contributed by atoms with Gasteiger partial charge in [-0.2, -0.15) is 0 Å². The number of carboxylic acid groups (broad SMARTS) is 1. The fourth-order valence-corrected chi connectivity index (χ4v) is 2.71. The molecule has 0 radical (unpaired) electrons. The minimum atomic E-state index is -0.744. The molecule has 0 aromatic heterocycles. The van der Waals surface area contributed by atoms with Crippen LogP contribution in [0.5, 0.6) is 0 Å². The third-order valence-electron chi connectivity index (χ3n) is 3.51. The smallest absolute Gasteiger partial charge is 0.305 e. The first-order valence-electron chi connectivity index (χ1n) is 5.67. The summed E-state index contributed by atoms with van der Waals surface area (Å²) in [4.78, 5) is 11.0. The Hall–Kier alpha value is -1.35. The maximum absolute atomic E-state index is 11.0. The number of aliphatic carboxylic acids is 1. The highest BCUT2D eigenvalue weighted by atomic mass is 16.4. The van der Waals surface area contributed by atoms with Crippen LogP contribution in [-0.2, 0) is 16.8 Å². The molecule has 0 aliphatic heterocycles. The average Bonchev–Trinajstić information content (AvgIpc) is 2.29. The summed E-state index contributed by atoms with van der Waals surface area (Å²) < 4.78 is 0. The topological polar surface area (TPSA) is 49.3 Å². The molecular weight excluding hydrogens is 202 g/mol. The molecule has 0 spiro atoms. The Bertz CT molecular complexity index is 403. The zero-order valence-corrected chi connectivity index (χ0v) is 9.49. The van der Waals surface area contributed by atoms with Gasteiger partial charge in [-0.25, -0.2) is 0 Å². The Morgan fingerprint density at radius 3 is 2.94 bits per heavy atom. The number of nitrogens with one attached hydrogen (secondary N) is 1. The Kier molecular flexibility index (Phi) is 2.97. The lowest BCUT2D eigenvalue weighted by atomic mass is 9.74. The van der Waals surface area contributed by atoms with E-state index in [9.17, 15) is 4.79 Å². The number of benzene rings is 1. The molecule has 1 aromatic carbocycles. The number of rotatable bonds is 3. The predicted octanol–water partition coefficient (Wildman–Crippen LogP) is 1.91. The molecule has 1 atom stereocenters. The van der Waals surface area contributed by atoms with E-state index in [-0.39, 0.29) is 12.0 Å². The van der Waals surface area contributed by atoms with Crippen molar-refractivity contribution >= 4 is 5.97 Å². The van der Waals surface area contributed by atoms with E-state index >= 15 is 0 Å². The van der Waals surface area contributed by atoms with Gasteiger partial charge in [0.1, 0.15) is 0 Å². The first kappa shape index (κ1) is 11.1. The molecule has 3 heteroatoms. The maximum Gasteiger partial charge on any atom is 0.305 e. The van der Waals surface area contributed by atoms with Crippen molar-refractivity contribution in [2.75, 3.05) is 7.05 Å². The van der Waals surface area contributed by atoms with Gasteiger partial charge in [0.15, 0.2) is 0 Å². The average molecular weight is 219 g/mol. The van der Waals surface area contributed by atoms with E-state index in [2.05, 4.69) is 11.4 Å². The molecule has 16 heavy (non-hydrogen) atoms. The van der Waals surface area contributed by atoms with Gasteiger partial charge in [0.2, 0.25) is 0 Å². The standard InChI is InChI=1S/C13H17NO2/c1-14-13(9-12(15)16)8-4-6-10-5-2-3-7-11(10)13/h2-3,5,7,14H,4,6,8-9H2,1H3,(H,15,16). The summed E-state index contributed by atoms with van der Waals surface area (Å²) in [5, 5.41) is 12.3. The van der Waals surface area contributed by atoms with Gasteiger partial charge in [0.05, 0.1) is 12.0 Å². The Morgan fingerprint density at radius 1 is 1.50 bits per heavy atom. The van der Waals surface area contributed by atoms with Crippen molar-refractivity contribution in [1.29, 1.82) is 0 Å². The van der Waals surface area contributed by atoms with Crippen LogP contribution in [0.4, 0.5) is 0 Å². The van der Waals surface area contributed by atoms with Crippen LogP contribution in [0.3, 0.4) is 0 Å². The van der Waals surface area contributed by atoms with Crippen molar-refractivity contribution in [3.8, 4) is 0 Å². The summed E-state index contributed by atoms with van der Waals surface area (Å²) in [6.45, 7) is 0. The molecule has 0 saturated carbocycles. The summed E-state index contributed by atoms with van der Waals surface area (Å²) in [6, 6.07) is 8.15. The maximum atomic E-state index is 11.0. The van der Waals surface area contributed by atoms with Crippen molar-refractivity contribution < 1.29 is 9.90 Å². The van der Waals surface area contributed by atoms with E-state index in [4.69, 9.17) is 5.11 Å². The van der Waals surface area contributed by atoms with Gasteiger partial charge in [-0.05, 0) is 37.4 Å². The minimum Gasteiger partial charge on any atom is -0.481 e. The number of carbonyl (C=O) groups is 1. The van der Waals surface area contributed by atoms with Gasteiger partial charge in [0.25, 0.3) is 0 Å². The van der Waals surface area contributed by atoms with E-state index < -0.39 is 5.97 Å².